The number of alkyl halides is 1. The molecule has 0 aliphatic carbocycles. The van der Waals surface area contributed by atoms with Gasteiger partial charge >= 0.3 is 0 Å². The van der Waals surface area contributed by atoms with Gasteiger partial charge in [0, 0.05) is 195 Å². The number of hydrogen-bond donors (Lipinski definition) is 4. The Balaban J connectivity index is -0.0000000960. The third kappa shape index (κ3) is 11.8. The number of halogens is 1. The third-order valence-electron chi connectivity index (χ3n) is 1.83. The smallest absolute Gasteiger partial charge is 0.141 e. The van der Waals surface area contributed by atoms with E-state index in [0.717, 1.165) is 0 Å². The molecule has 0 aromatic heterocycles. The van der Waals surface area contributed by atoms with E-state index in [1.807, 2.05) is 0 Å². The van der Waals surface area contributed by atoms with E-state index in [1.54, 1.807) is 0 Å². The second kappa shape index (κ2) is 19.0. The predicted molar refractivity (Wildman–Crippen MR) is 42.7 cm³/mol. The van der Waals surface area contributed by atoms with Crippen LogP contribution in [0.15, 0.2) is 0 Å². The molecule has 5 nitrogen and oxygen atoms in total. The van der Waals surface area contributed by atoms with E-state index in [1.165, 1.54) is 0 Å². The van der Waals surface area contributed by atoms with Gasteiger partial charge in [-0.3, -0.25) is 0 Å². The standard InChI is InChI=1S/C6H11BrO5.4Ac.V/c7-6-5(11)4(10)3(9)2(1-8)12-6;;;;;/h2-6,8-11H,1H2;;;;;/t2-,3?,4?,5?,6?;;;;;/m1...../s1. The molecule has 0 amide bonds. The van der Waals surface area contributed by atoms with Crippen LogP contribution in [-0.2, 0) is 23.3 Å². The summed E-state index contributed by atoms with van der Waals surface area (Å²) in [6.45, 7) is -0.396. The molecule has 1 saturated heterocycles. The number of aliphatic hydroxyl groups is 4. The van der Waals surface area contributed by atoms with Crippen molar-refractivity contribution < 1.29 is 220 Å². The molecule has 4 unspecified atom stereocenters. The molecule has 4 N–H and O–H groups in total. The van der Waals surface area contributed by atoms with Gasteiger partial charge in [-0.1, -0.05) is 15.9 Å². The summed E-state index contributed by atoms with van der Waals surface area (Å²) in [5, 5.41) is 35.5. The molecule has 0 saturated carbocycles. The minimum Gasteiger partial charge on any atom is -0.394 e. The molecule has 1 aliphatic heterocycles. The van der Waals surface area contributed by atoms with E-state index in [-0.39, 0.29) is 195 Å². The van der Waals surface area contributed by atoms with E-state index >= 15 is 0 Å². The Morgan fingerprint density at radius 3 is 1.65 bits per heavy atom. The fourth-order valence-electron chi connectivity index (χ4n) is 1.06. The first-order valence-corrected chi connectivity index (χ1v) is 4.44. The van der Waals surface area contributed by atoms with Crippen LogP contribution in [0.1, 0.15) is 0 Å². The van der Waals surface area contributed by atoms with Crippen LogP contribution in [0.4, 0.5) is 0 Å². The van der Waals surface area contributed by atoms with Crippen molar-refractivity contribution in [3.8, 4) is 0 Å². The van der Waals surface area contributed by atoms with Gasteiger partial charge in [-0.25, -0.2) is 0 Å². The molecule has 1 heterocycles. The Morgan fingerprint density at radius 1 is 0.882 bits per heavy atom. The maximum atomic E-state index is 9.21. The van der Waals surface area contributed by atoms with Gasteiger partial charge in [0.1, 0.15) is 29.4 Å². The topological polar surface area (TPSA) is 90.2 Å². The second-order valence-electron chi connectivity index (χ2n) is 2.68. The summed E-state index contributed by atoms with van der Waals surface area (Å²) in [4.78, 5) is 0. The molecular weight excluding hydrogens is 1190 g/mol. The summed E-state index contributed by atoms with van der Waals surface area (Å²) >= 11 is 2.95. The van der Waals surface area contributed by atoms with Crippen molar-refractivity contribution in [2.24, 2.45) is 0 Å². The molecule has 1 fully saturated rings. The van der Waals surface area contributed by atoms with Crippen LogP contribution in [0.5, 0.6) is 0 Å². The monoisotopic (exact) mass is 1200 g/mol. The van der Waals surface area contributed by atoms with Crippen molar-refractivity contribution in [1.29, 1.82) is 0 Å². The summed E-state index contributed by atoms with van der Waals surface area (Å²) in [7, 11) is 0. The van der Waals surface area contributed by atoms with Crippen LogP contribution in [-0.4, -0.2) is 56.5 Å². The second-order valence-corrected chi connectivity index (χ2v) is 3.58. The van der Waals surface area contributed by atoms with Crippen molar-refractivity contribution in [3.63, 3.8) is 0 Å². The van der Waals surface area contributed by atoms with Crippen LogP contribution < -0.4 is 0 Å². The fraction of sp³-hybridized carbons (Fsp3) is 1.00. The van der Waals surface area contributed by atoms with Crippen molar-refractivity contribution in [2.45, 2.75) is 29.4 Å². The predicted octanol–water partition coefficient (Wildman–Crippen LogP) is -1.82. The summed E-state index contributed by atoms with van der Waals surface area (Å²) in [5.74, 6) is 0. The Kier molecular flexibility index (Phi) is 38.9. The maximum absolute atomic E-state index is 9.21. The van der Waals surface area contributed by atoms with Crippen LogP contribution in [0.2, 0.25) is 0 Å². The van der Waals surface area contributed by atoms with Crippen molar-refractivity contribution in [2.75, 3.05) is 6.61 Å². The van der Waals surface area contributed by atoms with Crippen LogP contribution in [0.3, 0.4) is 0 Å². The summed E-state index contributed by atoms with van der Waals surface area (Å²) < 4.78 is 4.94. The van der Waals surface area contributed by atoms with E-state index in [4.69, 9.17) is 14.9 Å². The molecule has 17 heavy (non-hydrogen) atoms. The van der Waals surface area contributed by atoms with Crippen LogP contribution >= 0.6 is 15.9 Å². The molecule has 0 spiro atoms. The van der Waals surface area contributed by atoms with Gasteiger partial charge in [-0.05, 0) is 0 Å². The molecule has 11 heteroatoms. The number of ether oxygens (including phenoxy) is 1. The van der Waals surface area contributed by atoms with Crippen LogP contribution in [0, 0.1) is 176 Å². The number of hydrogen-bond acceptors (Lipinski definition) is 5. The quantitative estimate of drug-likeness (QED) is 0.233. The normalized spacial score (nSPS) is 34.8. The van der Waals surface area contributed by atoms with Crippen LogP contribution in [0.25, 0.3) is 0 Å². The number of aliphatic hydroxyl groups excluding tert-OH is 4. The molecule has 1 aliphatic rings. The molecule has 0 bridgehead atoms. The zero-order chi connectivity index (χ0) is 9.30. The molecule has 0 aromatic rings. The van der Waals surface area contributed by atoms with E-state index in [9.17, 15) is 10.2 Å². The summed E-state index contributed by atoms with van der Waals surface area (Å²) in [6, 6.07) is 0. The molecule has 5 radical (unpaired) electrons. The zero-order valence-corrected chi connectivity index (χ0v) is 30.9. The van der Waals surface area contributed by atoms with Gasteiger partial charge < -0.3 is 25.2 Å². The zero-order valence-electron chi connectivity index (χ0n) is 8.93. The Bertz CT molecular complexity index is 169. The molecule has 5 atom stereocenters. The van der Waals surface area contributed by atoms with Crippen molar-refractivity contribution in [3.05, 3.63) is 0 Å². The van der Waals surface area contributed by atoms with Gasteiger partial charge in [0.2, 0.25) is 0 Å². The Labute approximate surface area is 264 Å². The van der Waals surface area contributed by atoms with Gasteiger partial charge in [0.25, 0.3) is 0 Å². The minimum atomic E-state index is -1.29. The first-order valence-electron chi connectivity index (χ1n) is 3.52. The average molecular weight is 1200 g/mol. The largest absolute Gasteiger partial charge is 0.394 e. The van der Waals surface area contributed by atoms with Gasteiger partial charge in [0.05, 0.1) is 6.61 Å². The van der Waals surface area contributed by atoms with E-state index < -0.39 is 36.0 Å². The first kappa shape index (κ1) is 34.9. The summed E-state index contributed by atoms with van der Waals surface area (Å²) in [6.07, 6.45) is -4.57. The molecule has 0 aromatic carbocycles. The maximum Gasteiger partial charge on any atom is 0.141 e. The average Bonchev–Trinajstić information content (AvgIpc) is 2.08. The molecule has 1 rings (SSSR count). The minimum absolute atomic E-state index is 0. The van der Waals surface area contributed by atoms with Gasteiger partial charge in [-0.15, -0.1) is 0 Å². The van der Waals surface area contributed by atoms with Crippen molar-refractivity contribution in [1.82, 2.24) is 0 Å². The fourth-order valence-corrected chi connectivity index (χ4v) is 1.65. The van der Waals surface area contributed by atoms with E-state index in [2.05, 4.69) is 15.9 Å². The molecule has 89 valence electrons. The summed E-state index contributed by atoms with van der Waals surface area (Å²) in [5.41, 5.74) is 0. The molecular formula is C6H11Ac4BrO5V. The third-order valence-corrected chi connectivity index (χ3v) is 2.59. The van der Waals surface area contributed by atoms with Gasteiger partial charge in [-0.2, -0.15) is 0 Å². The van der Waals surface area contributed by atoms with Gasteiger partial charge in [0.15, 0.2) is 0 Å². The number of rotatable bonds is 1. The first-order chi connectivity index (χ1) is 5.57. The SMILES string of the molecule is OC[C@H]1OC(Br)C(O)C(O)C1O.[Ac].[Ac].[Ac].[Ac].[V]. The van der Waals surface area contributed by atoms with Crippen molar-refractivity contribution >= 4 is 15.9 Å². The Morgan fingerprint density at radius 2 is 1.29 bits per heavy atom. The Hall–Kier alpha value is 6.63. The van der Waals surface area contributed by atoms with E-state index in [0.29, 0.717) is 0 Å².